The number of Topliss-reactive ketones (excluding diaryl/α,β-unsaturated/α-hetero) is 1. The molecule has 4 heterocycles. The molecule has 0 aliphatic carbocycles. The number of hydrogen-bond donors (Lipinski definition) is 2. The summed E-state index contributed by atoms with van der Waals surface area (Å²) >= 11 is 0. The molecule has 0 spiro atoms. The van der Waals surface area contributed by atoms with Crippen LogP contribution in [-0.2, 0) is 25.7 Å². The van der Waals surface area contributed by atoms with Crippen LogP contribution in [-0.4, -0.2) is 60.0 Å². The Morgan fingerprint density at radius 1 is 1.13 bits per heavy atom. The molecule has 2 N–H and O–H groups in total. The summed E-state index contributed by atoms with van der Waals surface area (Å²) in [6.07, 6.45) is 2.65. The molecule has 2 bridgehead atoms. The lowest BCUT2D eigenvalue weighted by Crippen LogP contribution is -2.52. The third-order valence-corrected chi connectivity index (χ3v) is 6.83. The fourth-order valence-corrected chi connectivity index (χ4v) is 5.56. The van der Waals surface area contributed by atoms with Crippen molar-refractivity contribution in [1.29, 1.82) is 0 Å². The minimum atomic E-state index is -1.14. The smallest absolute Gasteiger partial charge is 0.243 e. The molecular formula is C21H23FN4O4. The third kappa shape index (κ3) is 2.95. The monoisotopic (exact) mass is 414 g/mol. The van der Waals surface area contributed by atoms with E-state index in [0.717, 1.165) is 31.6 Å². The van der Waals surface area contributed by atoms with Crippen molar-refractivity contribution in [3.8, 4) is 0 Å². The van der Waals surface area contributed by atoms with E-state index in [4.69, 9.17) is 0 Å². The second-order valence-corrected chi connectivity index (χ2v) is 8.51. The van der Waals surface area contributed by atoms with Gasteiger partial charge in [-0.3, -0.25) is 29.4 Å². The zero-order valence-corrected chi connectivity index (χ0v) is 16.4. The minimum absolute atomic E-state index is 0.142. The first kappa shape index (κ1) is 19.3. The van der Waals surface area contributed by atoms with Crippen molar-refractivity contribution in [2.24, 2.45) is 0 Å². The van der Waals surface area contributed by atoms with Crippen LogP contribution in [0, 0.1) is 5.82 Å². The number of aldehydes is 1. The third-order valence-electron chi connectivity index (χ3n) is 6.83. The standard InChI is InChI=1S/C21H23FN4O4/c22-15-6-14(26-12-1-2-13(26)8-23-7-12)5-11-9-25(20(19(11)15)17(28)10-27)16-3-4-18(29)24-21(16)30/h5-6,10,12-13,16,20,23H,1-4,7-9H2,(H,24,29,30). The molecule has 30 heavy (non-hydrogen) atoms. The maximum absolute atomic E-state index is 15.3. The zero-order chi connectivity index (χ0) is 21.0. The van der Waals surface area contributed by atoms with E-state index < -0.39 is 29.6 Å². The molecule has 9 heteroatoms. The van der Waals surface area contributed by atoms with Crippen molar-refractivity contribution in [1.82, 2.24) is 15.5 Å². The topological polar surface area (TPSA) is 98.8 Å². The fourth-order valence-electron chi connectivity index (χ4n) is 5.56. The van der Waals surface area contributed by atoms with E-state index in [9.17, 15) is 19.2 Å². The lowest BCUT2D eigenvalue weighted by Gasteiger charge is -2.37. The van der Waals surface area contributed by atoms with E-state index in [1.165, 1.54) is 6.07 Å². The summed E-state index contributed by atoms with van der Waals surface area (Å²) < 4.78 is 15.3. The van der Waals surface area contributed by atoms with E-state index in [1.807, 2.05) is 6.07 Å². The number of benzene rings is 1. The molecule has 158 valence electrons. The van der Waals surface area contributed by atoms with E-state index in [1.54, 1.807) is 4.90 Å². The lowest BCUT2D eigenvalue weighted by molar-refractivity contribution is -0.141. The summed E-state index contributed by atoms with van der Waals surface area (Å²) in [6, 6.07) is 2.06. The highest BCUT2D eigenvalue weighted by atomic mass is 19.1. The van der Waals surface area contributed by atoms with Gasteiger partial charge in [-0.15, -0.1) is 0 Å². The van der Waals surface area contributed by atoms with Gasteiger partial charge in [-0.2, -0.15) is 0 Å². The first-order chi connectivity index (χ1) is 14.5. The zero-order valence-electron chi connectivity index (χ0n) is 16.4. The van der Waals surface area contributed by atoms with Crippen LogP contribution in [0.4, 0.5) is 10.1 Å². The van der Waals surface area contributed by atoms with Crippen molar-refractivity contribution >= 4 is 29.6 Å². The van der Waals surface area contributed by atoms with E-state index in [0.29, 0.717) is 17.6 Å². The van der Waals surface area contributed by atoms with Crippen molar-refractivity contribution in [3.05, 3.63) is 29.1 Å². The van der Waals surface area contributed by atoms with Crippen molar-refractivity contribution < 1.29 is 23.6 Å². The van der Waals surface area contributed by atoms with Crippen LogP contribution in [0.5, 0.6) is 0 Å². The maximum Gasteiger partial charge on any atom is 0.243 e. The van der Waals surface area contributed by atoms with Crippen LogP contribution >= 0.6 is 0 Å². The summed E-state index contributed by atoms with van der Waals surface area (Å²) in [5, 5.41) is 5.68. The molecule has 2 amide bonds. The number of ketones is 1. The quantitative estimate of drug-likeness (QED) is 0.412. The normalized spacial score (nSPS) is 30.9. The van der Waals surface area contributed by atoms with Crippen molar-refractivity contribution in [3.63, 3.8) is 0 Å². The number of piperidine rings is 1. The maximum atomic E-state index is 15.3. The number of nitrogens with zero attached hydrogens (tertiary/aromatic N) is 2. The second-order valence-electron chi connectivity index (χ2n) is 8.51. The highest BCUT2D eigenvalue weighted by Crippen LogP contribution is 2.42. The van der Waals surface area contributed by atoms with Gasteiger partial charge in [0, 0.05) is 49.4 Å². The van der Waals surface area contributed by atoms with E-state index in [-0.39, 0.29) is 37.1 Å². The molecule has 8 nitrogen and oxygen atoms in total. The number of piperazine rings is 1. The summed E-state index contributed by atoms with van der Waals surface area (Å²) in [4.78, 5) is 51.5. The Morgan fingerprint density at radius 2 is 1.87 bits per heavy atom. The van der Waals surface area contributed by atoms with Crippen LogP contribution < -0.4 is 15.5 Å². The van der Waals surface area contributed by atoms with Gasteiger partial charge in [0.2, 0.25) is 17.6 Å². The van der Waals surface area contributed by atoms with Crippen LogP contribution in [0.1, 0.15) is 42.9 Å². The van der Waals surface area contributed by atoms with Gasteiger partial charge in [0.05, 0.1) is 6.04 Å². The predicted octanol–water partition coefficient (Wildman–Crippen LogP) is 0.196. The Kier molecular flexibility index (Phi) is 4.67. The molecule has 3 saturated heterocycles. The molecule has 0 saturated carbocycles. The number of hydrogen-bond acceptors (Lipinski definition) is 7. The number of halogens is 1. The van der Waals surface area contributed by atoms with Gasteiger partial charge in [-0.1, -0.05) is 0 Å². The van der Waals surface area contributed by atoms with Gasteiger partial charge in [0.15, 0.2) is 6.29 Å². The Balaban J connectivity index is 1.52. The number of anilines is 1. The number of carbonyl (C=O) groups is 4. The Hall–Kier alpha value is -2.65. The van der Waals surface area contributed by atoms with Gasteiger partial charge in [0.25, 0.3) is 0 Å². The van der Waals surface area contributed by atoms with Gasteiger partial charge >= 0.3 is 0 Å². The molecule has 4 unspecified atom stereocenters. The van der Waals surface area contributed by atoms with E-state index >= 15 is 4.39 Å². The lowest BCUT2D eigenvalue weighted by atomic mass is 9.97. The molecule has 3 fully saturated rings. The number of amides is 2. The predicted molar refractivity (Wildman–Crippen MR) is 104 cm³/mol. The summed E-state index contributed by atoms with van der Waals surface area (Å²) in [6.45, 7) is 1.88. The van der Waals surface area contributed by atoms with Crippen molar-refractivity contribution in [2.75, 3.05) is 18.0 Å². The van der Waals surface area contributed by atoms with Crippen LogP contribution in [0.15, 0.2) is 12.1 Å². The molecule has 1 aromatic carbocycles. The average Bonchev–Trinajstić information content (AvgIpc) is 3.22. The van der Waals surface area contributed by atoms with Crippen LogP contribution in [0.2, 0.25) is 0 Å². The number of fused-ring (bicyclic) bond motifs is 3. The number of imide groups is 1. The first-order valence-corrected chi connectivity index (χ1v) is 10.4. The summed E-state index contributed by atoms with van der Waals surface area (Å²) in [7, 11) is 0. The van der Waals surface area contributed by atoms with E-state index in [2.05, 4.69) is 15.5 Å². The molecule has 4 aliphatic rings. The molecule has 0 aromatic heterocycles. The highest BCUT2D eigenvalue weighted by Gasteiger charge is 2.45. The molecule has 0 radical (unpaired) electrons. The van der Waals surface area contributed by atoms with Gasteiger partial charge in [-0.05, 0) is 37.0 Å². The Morgan fingerprint density at radius 3 is 2.53 bits per heavy atom. The van der Waals surface area contributed by atoms with Gasteiger partial charge in [-0.25, -0.2) is 4.39 Å². The fraction of sp³-hybridized carbons (Fsp3) is 0.524. The Bertz CT molecular complexity index is 935. The molecule has 4 aliphatic heterocycles. The largest absolute Gasteiger partial charge is 0.363 e. The number of carbonyl (C=O) groups excluding carboxylic acids is 4. The number of nitrogens with one attached hydrogen (secondary N) is 2. The van der Waals surface area contributed by atoms with Gasteiger partial charge < -0.3 is 10.2 Å². The summed E-state index contributed by atoms with van der Waals surface area (Å²) in [5.41, 5.74) is 1.57. The summed E-state index contributed by atoms with van der Waals surface area (Å²) in [5.74, 6) is -2.19. The SMILES string of the molecule is O=CC(=O)C1c2c(F)cc(N3C4CCC3CNC4)cc2CN1C1CCC(=O)NC1=O. The van der Waals surface area contributed by atoms with Crippen molar-refractivity contribution in [2.45, 2.75) is 56.4 Å². The van der Waals surface area contributed by atoms with Gasteiger partial charge in [0.1, 0.15) is 11.9 Å². The van der Waals surface area contributed by atoms with Crippen LogP contribution in [0.3, 0.4) is 0 Å². The second kappa shape index (κ2) is 7.24. The molecular weight excluding hydrogens is 391 g/mol. The highest BCUT2D eigenvalue weighted by molar-refractivity contribution is 6.27. The minimum Gasteiger partial charge on any atom is -0.363 e. The Labute approximate surface area is 172 Å². The molecule has 1 aromatic rings. The number of rotatable bonds is 4. The van der Waals surface area contributed by atoms with Crippen LogP contribution in [0.25, 0.3) is 0 Å². The molecule has 5 rings (SSSR count). The average molecular weight is 414 g/mol. The molecule has 4 atom stereocenters. The first-order valence-electron chi connectivity index (χ1n) is 10.4.